The quantitative estimate of drug-likeness (QED) is 0.629. The maximum absolute atomic E-state index is 12.0. The van der Waals surface area contributed by atoms with Crippen LogP contribution < -0.4 is 25.9 Å². The van der Waals surface area contributed by atoms with Gasteiger partial charge in [0.05, 0.1) is 0 Å². The molecular weight excluding hydrogens is 228 g/mol. The summed E-state index contributed by atoms with van der Waals surface area (Å²) >= 11 is 0. The lowest BCUT2D eigenvalue weighted by atomic mass is 10.2. The normalized spacial score (nSPS) is 15.0. The zero-order chi connectivity index (χ0) is 12.3. The van der Waals surface area contributed by atoms with Crippen LogP contribution in [0.3, 0.4) is 0 Å². The van der Waals surface area contributed by atoms with Crippen LogP contribution in [-0.2, 0) is 6.54 Å². The number of aromatic nitrogens is 2. The van der Waals surface area contributed by atoms with Gasteiger partial charge in [-0.25, -0.2) is 19.3 Å². The van der Waals surface area contributed by atoms with E-state index in [4.69, 9.17) is 0 Å². The Bertz CT molecular complexity index is 837. The second-order valence-electron chi connectivity index (χ2n) is 4.48. The van der Waals surface area contributed by atoms with Crippen molar-refractivity contribution in [1.82, 2.24) is 4.98 Å². The van der Waals surface area contributed by atoms with Gasteiger partial charge in [0.2, 0.25) is 10.8 Å². The van der Waals surface area contributed by atoms with Crippen molar-refractivity contribution in [2.75, 3.05) is 11.4 Å². The van der Waals surface area contributed by atoms with Crippen LogP contribution in [0, 0.1) is 0 Å². The van der Waals surface area contributed by atoms with Crippen LogP contribution in [-0.4, -0.2) is 11.5 Å². The van der Waals surface area contributed by atoms with E-state index < -0.39 is 0 Å². The second kappa shape index (κ2) is 3.07. The highest BCUT2D eigenvalue weighted by Gasteiger charge is 2.34. The molecule has 5 nitrogen and oxygen atoms in total. The first-order chi connectivity index (χ1) is 8.75. The van der Waals surface area contributed by atoms with Crippen molar-refractivity contribution in [3.05, 3.63) is 45.5 Å². The van der Waals surface area contributed by atoms with Gasteiger partial charge in [-0.05, 0) is 18.7 Å². The standard InChI is InChI=1S/C13H10N4O/c1-8-14-12(18)11-13-16(8)6-7-17(13)10-5-3-2-4-9(10)15-11/h2-5H,1,6-7H2/p+1. The summed E-state index contributed by atoms with van der Waals surface area (Å²) in [7, 11) is 0. The molecule has 0 unspecified atom stereocenters. The molecule has 88 valence electrons. The fourth-order valence-electron chi connectivity index (χ4n) is 2.68. The Morgan fingerprint density at radius 2 is 2.22 bits per heavy atom. The maximum Gasteiger partial charge on any atom is 0.337 e. The molecule has 0 fully saturated rings. The number of anilines is 2. The molecule has 0 aliphatic carbocycles. The molecule has 4 rings (SSSR count). The number of fused-ring (bicyclic) bond motifs is 2. The number of hydrogen-bond acceptors (Lipinski definition) is 3. The van der Waals surface area contributed by atoms with Crippen molar-refractivity contribution in [3.8, 4) is 0 Å². The van der Waals surface area contributed by atoms with Crippen molar-refractivity contribution in [3.63, 3.8) is 0 Å². The summed E-state index contributed by atoms with van der Waals surface area (Å²) in [5.74, 6) is 0.863. The number of H-pyrrole nitrogens is 1. The number of nitrogens with zero attached hydrogens (tertiary/aromatic N) is 3. The minimum Gasteiger partial charge on any atom is -0.252 e. The third-order valence-corrected chi connectivity index (χ3v) is 3.47. The fourth-order valence-corrected chi connectivity index (χ4v) is 2.68. The zero-order valence-corrected chi connectivity index (χ0v) is 9.68. The van der Waals surface area contributed by atoms with E-state index in [0.717, 1.165) is 30.3 Å². The molecular formula is C13H11N4O+. The van der Waals surface area contributed by atoms with Gasteiger partial charge in [-0.15, -0.1) is 0 Å². The predicted molar refractivity (Wildman–Crippen MR) is 66.7 cm³/mol. The van der Waals surface area contributed by atoms with Gasteiger partial charge < -0.3 is 0 Å². The summed E-state index contributed by atoms with van der Waals surface area (Å²) in [4.78, 5) is 21.3. The van der Waals surface area contributed by atoms with E-state index in [1.54, 1.807) is 0 Å². The molecule has 1 aromatic carbocycles. The molecule has 1 N–H and O–H groups in total. The van der Waals surface area contributed by atoms with Crippen molar-refractivity contribution in [2.45, 2.75) is 6.54 Å². The molecule has 3 heterocycles. The van der Waals surface area contributed by atoms with E-state index in [-0.39, 0.29) is 5.56 Å². The number of benzene rings is 1. The topological polar surface area (TPSA) is 52.3 Å². The fraction of sp³-hybridized carbons (Fsp3) is 0.154. The average molecular weight is 239 g/mol. The molecule has 1 aromatic heterocycles. The SMILES string of the molecule is C=c1[nH]c(=O)c2c3[n+]1CCN3c1ccccc1N=2. The van der Waals surface area contributed by atoms with E-state index in [0.29, 0.717) is 10.8 Å². The minimum absolute atomic E-state index is 0.173. The van der Waals surface area contributed by atoms with Crippen molar-refractivity contribution in [1.29, 1.82) is 0 Å². The van der Waals surface area contributed by atoms with Gasteiger partial charge in [-0.2, -0.15) is 0 Å². The van der Waals surface area contributed by atoms with Gasteiger partial charge in [-0.3, -0.25) is 4.90 Å². The largest absolute Gasteiger partial charge is 0.337 e. The summed E-state index contributed by atoms with van der Waals surface area (Å²) in [6.45, 7) is 5.55. The van der Waals surface area contributed by atoms with Crippen LogP contribution in [0.1, 0.15) is 0 Å². The smallest absolute Gasteiger partial charge is 0.252 e. The first-order valence-electron chi connectivity index (χ1n) is 5.86. The molecule has 0 saturated carbocycles. The Morgan fingerprint density at radius 3 is 3.11 bits per heavy atom. The van der Waals surface area contributed by atoms with E-state index in [1.807, 2.05) is 28.8 Å². The van der Waals surface area contributed by atoms with Crippen LogP contribution in [0.15, 0.2) is 34.1 Å². The number of hydrogen-bond donors (Lipinski definition) is 1. The molecule has 2 aromatic rings. The third-order valence-electron chi connectivity index (χ3n) is 3.47. The monoisotopic (exact) mass is 239 g/mol. The van der Waals surface area contributed by atoms with Crippen LogP contribution >= 0.6 is 0 Å². The Morgan fingerprint density at radius 1 is 1.39 bits per heavy atom. The van der Waals surface area contributed by atoms with Crippen LogP contribution in [0.2, 0.25) is 0 Å². The molecule has 0 saturated heterocycles. The first-order valence-corrected chi connectivity index (χ1v) is 5.86. The van der Waals surface area contributed by atoms with Crippen molar-refractivity contribution < 1.29 is 4.57 Å². The highest BCUT2D eigenvalue weighted by Crippen LogP contribution is 2.34. The minimum atomic E-state index is -0.173. The van der Waals surface area contributed by atoms with Gasteiger partial charge in [0.15, 0.2) is 0 Å². The molecule has 0 radical (unpaired) electrons. The average Bonchev–Trinajstić information content (AvgIpc) is 2.81. The van der Waals surface area contributed by atoms with E-state index in [2.05, 4.69) is 21.5 Å². The molecule has 2 aliphatic heterocycles. The van der Waals surface area contributed by atoms with Gasteiger partial charge in [-0.1, -0.05) is 12.1 Å². The van der Waals surface area contributed by atoms with Crippen LogP contribution in [0.25, 0.3) is 6.58 Å². The van der Waals surface area contributed by atoms with Gasteiger partial charge in [0.25, 0.3) is 5.82 Å². The van der Waals surface area contributed by atoms with Gasteiger partial charge >= 0.3 is 5.56 Å². The van der Waals surface area contributed by atoms with E-state index >= 15 is 0 Å². The second-order valence-corrected chi connectivity index (χ2v) is 4.48. The Labute approximate surface area is 102 Å². The predicted octanol–water partition coefficient (Wildman–Crippen LogP) is -0.511. The Hall–Kier alpha value is -2.43. The lowest BCUT2D eigenvalue weighted by Gasteiger charge is -2.17. The maximum atomic E-state index is 12.0. The molecule has 0 atom stereocenters. The van der Waals surface area contributed by atoms with Crippen molar-refractivity contribution >= 4 is 23.8 Å². The zero-order valence-electron chi connectivity index (χ0n) is 9.68. The summed E-state index contributed by atoms with van der Waals surface area (Å²) in [5.41, 5.74) is 2.37. The van der Waals surface area contributed by atoms with Crippen LogP contribution in [0.4, 0.5) is 17.2 Å². The Balaban J connectivity index is 2.24. The number of para-hydroxylation sites is 2. The third kappa shape index (κ3) is 1.03. The Kier molecular flexibility index (Phi) is 1.63. The summed E-state index contributed by atoms with van der Waals surface area (Å²) in [5, 5.41) is 0.485. The lowest BCUT2D eigenvalue weighted by Crippen LogP contribution is -2.57. The number of aromatic amines is 1. The lowest BCUT2D eigenvalue weighted by molar-refractivity contribution is -0.687. The molecule has 0 amide bonds. The summed E-state index contributed by atoms with van der Waals surface area (Å²) in [6.07, 6.45) is 0. The molecule has 5 heteroatoms. The molecule has 0 bridgehead atoms. The summed E-state index contributed by atoms with van der Waals surface area (Å²) in [6, 6.07) is 7.88. The van der Waals surface area contributed by atoms with E-state index in [1.165, 1.54) is 0 Å². The highest BCUT2D eigenvalue weighted by atomic mass is 16.1. The summed E-state index contributed by atoms with van der Waals surface area (Å²) < 4.78 is 2.01. The number of rotatable bonds is 0. The van der Waals surface area contributed by atoms with E-state index in [9.17, 15) is 4.79 Å². The first kappa shape index (κ1) is 9.58. The molecule has 0 spiro atoms. The van der Waals surface area contributed by atoms with Crippen molar-refractivity contribution in [2.24, 2.45) is 4.99 Å². The van der Waals surface area contributed by atoms with Crippen LogP contribution in [0.5, 0.6) is 0 Å². The molecule has 2 aliphatic rings. The highest BCUT2D eigenvalue weighted by molar-refractivity contribution is 5.74. The number of nitrogens with one attached hydrogen (secondary N) is 1. The molecule has 18 heavy (non-hydrogen) atoms. The van der Waals surface area contributed by atoms with Gasteiger partial charge in [0.1, 0.15) is 24.5 Å². The van der Waals surface area contributed by atoms with Gasteiger partial charge in [0, 0.05) is 0 Å².